The molecular formula is C39H48O8. The zero-order chi connectivity index (χ0) is 34.8. The molecule has 1 atom stereocenters. The Bertz CT molecular complexity index is 1630. The van der Waals surface area contributed by atoms with Gasteiger partial charge in [-0.3, -0.25) is 0 Å². The van der Waals surface area contributed by atoms with Crippen molar-refractivity contribution in [2.75, 3.05) is 26.4 Å². The van der Waals surface area contributed by atoms with Crippen LogP contribution in [0.15, 0.2) is 60.7 Å². The smallest absolute Gasteiger partial charge is 0.333 e. The maximum Gasteiger partial charge on any atom is 0.333 e. The molecule has 2 N–H and O–H groups in total. The van der Waals surface area contributed by atoms with Crippen molar-refractivity contribution >= 4 is 11.9 Å². The predicted molar refractivity (Wildman–Crippen MR) is 183 cm³/mol. The van der Waals surface area contributed by atoms with Crippen LogP contribution in [0.3, 0.4) is 0 Å². The molecule has 252 valence electrons. The van der Waals surface area contributed by atoms with Crippen molar-refractivity contribution in [1.29, 1.82) is 0 Å². The third kappa shape index (κ3) is 10.7. The summed E-state index contributed by atoms with van der Waals surface area (Å²) in [5.74, 6) is 0.552. The fraction of sp³-hybridized carbons (Fsp3) is 0.385. The number of aliphatic hydroxyl groups excluding tert-OH is 1. The molecule has 8 nitrogen and oxygen atoms in total. The van der Waals surface area contributed by atoms with Crippen LogP contribution < -0.4 is 9.47 Å². The largest absolute Gasteiger partial charge is 0.507 e. The van der Waals surface area contributed by atoms with Gasteiger partial charge in [-0.05, 0) is 81.8 Å². The Morgan fingerprint density at radius 1 is 0.660 bits per heavy atom. The fourth-order valence-electron chi connectivity index (χ4n) is 5.39. The summed E-state index contributed by atoms with van der Waals surface area (Å²) < 4.78 is 23.0. The lowest BCUT2D eigenvalue weighted by Crippen LogP contribution is -2.26. The molecule has 0 aliphatic heterocycles. The van der Waals surface area contributed by atoms with Gasteiger partial charge in [0.05, 0.1) is 13.2 Å². The van der Waals surface area contributed by atoms with E-state index in [1.165, 1.54) is 0 Å². The van der Waals surface area contributed by atoms with E-state index in [4.69, 9.17) is 18.9 Å². The van der Waals surface area contributed by atoms with Crippen molar-refractivity contribution in [2.24, 2.45) is 0 Å². The summed E-state index contributed by atoms with van der Waals surface area (Å²) in [5, 5.41) is 21.6. The Labute approximate surface area is 278 Å². The van der Waals surface area contributed by atoms with Gasteiger partial charge < -0.3 is 29.2 Å². The number of aliphatic hydroxyl groups is 1. The van der Waals surface area contributed by atoms with E-state index in [9.17, 15) is 19.8 Å². The summed E-state index contributed by atoms with van der Waals surface area (Å²) in [6.07, 6.45) is 0.306. The number of esters is 2. The second-order valence-corrected chi connectivity index (χ2v) is 12.4. The van der Waals surface area contributed by atoms with Crippen LogP contribution in [0.4, 0.5) is 0 Å². The number of hydrogen-bond donors (Lipinski definition) is 2. The van der Waals surface area contributed by atoms with E-state index in [2.05, 4.69) is 25.3 Å². The number of benzene rings is 3. The molecule has 0 radical (unpaired) electrons. The van der Waals surface area contributed by atoms with Crippen LogP contribution in [-0.2, 0) is 31.9 Å². The normalized spacial score (nSPS) is 11.5. The highest BCUT2D eigenvalue weighted by molar-refractivity contribution is 5.87. The molecule has 3 rings (SSSR count). The Hall–Kier alpha value is -4.56. The van der Waals surface area contributed by atoms with Gasteiger partial charge >= 0.3 is 11.9 Å². The molecule has 47 heavy (non-hydrogen) atoms. The van der Waals surface area contributed by atoms with Gasteiger partial charge in [-0.1, -0.05) is 66.2 Å². The van der Waals surface area contributed by atoms with Crippen LogP contribution in [0.5, 0.6) is 17.2 Å². The van der Waals surface area contributed by atoms with Crippen LogP contribution in [0, 0.1) is 34.6 Å². The maximum absolute atomic E-state index is 11.9. The lowest BCUT2D eigenvalue weighted by Gasteiger charge is -2.21. The Kier molecular flexibility index (Phi) is 13.2. The number of aryl methyl sites for hydroxylation is 5. The SMILES string of the molecule is C=C(C)C(=O)OCCCOc1c(C)cc(C)cc1Cc1cc(C)cc(Cc2cc(C)cc(C)c2O)c1OCC(O)COC(=O)C(=C)C. The first-order valence-electron chi connectivity index (χ1n) is 15.8. The van der Waals surface area contributed by atoms with E-state index in [1.807, 2.05) is 58.9 Å². The van der Waals surface area contributed by atoms with E-state index in [-0.39, 0.29) is 31.1 Å². The fourth-order valence-corrected chi connectivity index (χ4v) is 5.39. The number of ether oxygens (including phenoxy) is 4. The molecule has 0 amide bonds. The van der Waals surface area contributed by atoms with Crippen molar-refractivity contribution in [3.8, 4) is 17.2 Å². The van der Waals surface area contributed by atoms with Gasteiger partial charge in [-0.15, -0.1) is 0 Å². The molecular weight excluding hydrogens is 596 g/mol. The predicted octanol–water partition coefficient (Wildman–Crippen LogP) is 6.86. The zero-order valence-corrected chi connectivity index (χ0v) is 28.7. The van der Waals surface area contributed by atoms with Crippen molar-refractivity contribution in [1.82, 2.24) is 0 Å². The third-order valence-electron chi connectivity index (χ3n) is 7.46. The number of aromatic hydroxyl groups is 1. The summed E-state index contributed by atoms with van der Waals surface area (Å²) in [5.41, 5.74) is 8.92. The van der Waals surface area contributed by atoms with Crippen molar-refractivity contribution in [3.05, 3.63) is 111 Å². The molecule has 0 aliphatic carbocycles. The van der Waals surface area contributed by atoms with Gasteiger partial charge in [-0.2, -0.15) is 0 Å². The molecule has 3 aromatic carbocycles. The van der Waals surface area contributed by atoms with E-state index in [0.29, 0.717) is 37.2 Å². The van der Waals surface area contributed by atoms with E-state index < -0.39 is 18.0 Å². The second kappa shape index (κ2) is 16.8. The van der Waals surface area contributed by atoms with Crippen LogP contribution >= 0.6 is 0 Å². The van der Waals surface area contributed by atoms with Gasteiger partial charge in [0.1, 0.15) is 36.6 Å². The standard InChI is InChI=1S/C39H48O8/c1-23(2)38(42)45-12-10-11-44-36-29(9)14-26(6)16-31(36)20-33-18-27(7)17-32(19-30-15-25(5)13-28(8)35(30)41)37(33)46-21-34(40)22-47-39(43)24(3)4/h13-18,34,40-41H,1,3,10-12,19-22H2,2,4-9H3. The summed E-state index contributed by atoms with van der Waals surface area (Å²) in [4.78, 5) is 23.6. The van der Waals surface area contributed by atoms with Crippen molar-refractivity contribution in [2.45, 2.75) is 73.8 Å². The lowest BCUT2D eigenvalue weighted by molar-refractivity contribution is -0.142. The highest BCUT2D eigenvalue weighted by atomic mass is 16.6. The molecule has 0 spiro atoms. The molecule has 0 aromatic heterocycles. The Morgan fingerprint density at radius 3 is 1.74 bits per heavy atom. The van der Waals surface area contributed by atoms with Gasteiger partial charge in [0.2, 0.25) is 0 Å². The molecule has 0 heterocycles. The van der Waals surface area contributed by atoms with Gasteiger partial charge in [0.15, 0.2) is 0 Å². The highest BCUT2D eigenvalue weighted by Gasteiger charge is 2.20. The molecule has 0 fully saturated rings. The minimum atomic E-state index is -1.07. The topological polar surface area (TPSA) is 112 Å². The number of hydrogen-bond acceptors (Lipinski definition) is 8. The highest BCUT2D eigenvalue weighted by Crippen LogP contribution is 2.36. The van der Waals surface area contributed by atoms with E-state index >= 15 is 0 Å². The molecule has 8 heteroatoms. The first kappa shape index (κ1) is 36.9. The van der Waals surface area contributed by atoms with Crippen LogP contribution in [0.2, 0.25) is 0 Å². The van der Waals surface area contributed by atoms with Gasteiger partial charge in [0, 0.05) is 30.4 Å². The first-order chi connectivity index (χ1) is 22.2. The molecule has 3 aromatic rings. The van der Waals surface area contributed by atoms with Crippen LogP contribution in [0.25, 0.3) is 0 Å². The number of phenols is 1. The quantitative estimate of drug-likeness (QED) is 0.0988. The number of rotatable bonds is 16. The van der Waals surface area contributed by atoms with E-state index in [1.54, 1.807) is 13.8 Å². The van der Waals surface area contributed by atoms with Gasteiger partial charge in [0.25, 0.3) is 0 Å². The third-order valence-corrected chi connectivity index (χ3v) is 7.46. The van der Waals surface area contributed by atoms with E-state index in [0.717, 1.165) is 55.8 Å². The van der Waals surface area contributed by atoms with Crippen molar-refractivity contribution < 1.29 is 38.7 Å². The molecule has 0 bridgehead atoms. The Balaban J connectivity index is 1.97. The summed E-state index contributed by atoms with van der Waals surface area (Å²) >= 11 is 0. The molecule has 1 unspecified atom stereocenters. The number of carbonyl (C=O) groups is 2. The minimum Gasteiger partial charge on any atom is -0.507 e. The average molecular weight is 645 g/mol. The van der Waals surface area contributed by atoms with Crippen LogP contribution in [-0.4, -0.2) is 54.7 Å². The molecule has 0 aliphatic rings. The number of carbonyl (C=O) groups excluding carboxylic acids is 2. The average Bonchev–Trinajstić information content (AvgIpc) is 2.98. The maximum atomic E-state index is 11.9. The Morgan fingerprint density at radius 2 is 1.15 bits per heavy atom. The van der Waals surface area contributed by atoms with Crippen LogP contribution in [0.1, 0.15) is 70.3 Å². The lowest BCUT2D eigenvalue weighted by atomic mass is 9.92. The molecule has 0 saturated carbocycles. The monoisotopic (exact) mass is 644 g/mol. The second-order valence-electron chi connectivity index (χ2n) is 12.4. The van der Waals surface area contributed by atoms with Crippen molar-refractivity contribution in [3.63, 3.8) is 0 Å². The summed E-state index contributed by atoms with van der Waals surface area (Å²) in [6, 6.07) is 12.1. The van der Waals surface area contributed by atoms with Gasteiger partial charge in [-0.25, -0.2) is 9.59 Å². The number of phenolic OH excluding ortho intramolecular Hbond substituents is 1. The molecule has 0 saturated heterocycles. The minimum absolute atomic E-state index is 0.121. The zero-order valence-electron chi connectivity index (χ0n) is 28.7. The summed E-state index contributed by atoms with van der Waals surface area (Å²) in [6.45, 7) is 20.5. The summed E-state index contributed by atoms with van der Waals surface area (Å²) in [7, 11) is 0. The first-order valence-corrected chi connectivity index (χ1v) is 15.8.